The third-order valence-corrected chi connectivity index (χ3v) is 5.27. The molecule has 1 aliphatic rings. The molecule has 1 fully saturated rings. The zero-order valence-corrected chi connectivity index (χ0v) is 18.5. The molecule has 1 saturated heterocycles. The molecule has 0 saturated carbocycles. The van der Waals surface area contributed by atoms with Crippen LogP contribution >= 0.6 is 35.3 Å². The molecule has 0 bridgehead atoms. The van der Waals surface area contributed by atoms with E-state index in [4.69, 9.17) is 4.52 Å². The van der Waals surface area contributed by atoms with E-state index >= 15 is 0 Å². The Kier molecular flexibility index (Phi) is 8.86. The lowest BCUT2D eigenvalue weighted by atomic mass is 10.0. The molecule has 1 aliphatic heterocycles. The van der Waals surface area contributed by atoms with E-state index in [9.17, 15) is 0 Å². The summed E-state index contributed by atoms with van der Waals surface area (Å²) in [7, 11) is 1.80. The van der Waals surface area contributed by atoms with Crippen LogP contribution in [0.15, 0.2) is 32.4 Å². The van der Waals surface area contributed by atoms with E-state index in [1.54, 1.807) is 18.4 Å². The summed E-state index contributed by atoms with van der Waals surface area (Å²) >= 11 is 1.77. The molecule has 2 aromatic rings. The van der Waals surface area contributed by atoms with Crippen LogP contribution in [0.4, 0.5) is 0 Å². The van der Waals surface area contributed by atoms with Crippen molar-refractivity contribution >= 4 is 41.3 Å². The molecule has 144 valence electrons. The van der Waals surface area contributed by atoms with Crippen LogP contribution in [-0.2, 0) is 19.5 Å². The van der Waals surface area contributed by atoms with Gasteiger partial charge in [0, 0.05) is 38.8 Å². The van der Waals surface area contributed by atoms with Gasteiger partial charge in [-0.05, 0) is 41.7 Å². The van der Waals surface area contributed by atoms with Gasteiger partial charge in [0.15, 0.2) is 11.7 Å². The number of thiophene rings is 1. The maximum atomic E-state index is 5.30. The highest BCUT2D eigenvalue weighted by Gasteiger charge is 2.20. The molecule has 3 rings (SSSR count). The molecule has 0 aliphatic carbocycles. The fourth-order valence-corrected chi connectivity index (χ4v) is 3.70. The highest BCUT2D eigenvalue weighted by atomic mass is 127. The molecular weight excluding hydrogens is 461 g/mol. The van der Waals surface area contributed by atoms with Crippen molar-refractivity contribution in [3.05, 3.63) is 39.9 Å². The Morgan fingerprint density at radius 2 is 2.23 bits per heavy atom. The molecule has 2 N–H and O–H groups in total. The van der Waals surface area contributed by atoms with Gasteiger partial charge >= 0.3 is 0 Å². The van der Waals surface area contributed by atoms with Crippen LogP contribution in [0.2, 0.25) is 0 Å². The topological polar surface area (TPSA) is 65.7 Å². The molecule has 3 heterocycles. The maximum Gasteiger partial charge on any atom is 0.191 e. The second-order valence-corrected chi connectivity index (χ2v) is 7.17. The summed E-state index contributed by atoms with van der Waals surface area (Å²) < 4.78 is 5.30. The Morgan fingerprint density at radius 3 is 2.85 bits per heavy atom. The third-order valence-electron chi connectivity index (χ3n) is 4.54. The van der Waals surface area contributed by atoms with Crippen molar-refractivity contribution in [2.24, 2.45) is 4.99 Å². The lowest BCUT2D eigenvalue weighted by molar-refractivity contribution is 0.198. The van der Waals surface area contributed by atoms with Crippen molar-refractivity contribution in [1.29, 1.82) is 0 Å². The largest absolute Gasteiger partial charge is 0.359 e. The average molecular weight is 489 g/mol. The minimum absolute atomic E-state index is 0. The van der Waals surface area contributed by atoms with Crippen molar-refractivity contribution < 1.29 is 4.52 Å². The van der Waals surface area contributed by atoms with Crippen LogP contribution in [0.5, 0.6) is 0 Å². The highest BCUT2D eigenvalue weighted by Crippen LogP contribution is 2.15. The monoisotopic (exact) mass is 489 g/mol. The molecule has 26 heavy (non-hydrogen) atoms. The first-order valence-electron chi connectivity index (χ1n) is 8.92. The maximum absolute atomic E-state index is 5.30. The lowest BCUT2D eigenvalue weighted by Crippen LogP contribution is -2.48. The summed E-state index contributed by atoms with van der Waals surface area (Å²) in [6.45, 7) is 5.97. The van der Waals surface area contributed by atoms with E-state index in [2.05, 4.69) is 49.4 Å². The molecule has 6 nitrogen and oxygen atoms in total. The van der Waals surface area contributed by atoms with Crippen LogP contribution in [0, 0.1) is 0 Å². The van der Waals surface area contributed by atoms with Gasteiger partial charge in [0.2, 0.25) is 0 Å². The van der Waals surface area contributed by atoms with Crippen molar-refractivity contribution in [2.75, 3.05) is 20.1 Å². The summed E-state index contributed by atoms with van der Waals surface area (Å²) in [5.41, 5.74) is 2.41. The number of nitrogens with one attached hydrogen (secondary N) is 2. The molecule has 0 unspecified atom stereocenters. The van der Waals surface area contributed by atoms with Gasteiger partial charge in [-0.3, -0.25) is 9.89 Å². The number of likely N-dealkylation sites (tertiary alicyclic amines) is 1. The quantitative estimate of drug-likeness (QED) is 0.371. The molecule has 0 atom stereocenters. The number of halogens is 1. The number of piperidine rings is 1. The first kappa shape index (κ1) is 21.2. The van der Waals surface area contributed by atoms with Crippen LogP contribution < -0.4 is 10.6 Å². The predicted octanol–water partition coefficient (Wildman–Crippen LogP) is 3.25. The Bertz CT molecular complexity index is 665. The second kappa shape index (κ2) is 10.9. The van der Waals surface area contributed by atoms with Crippen molar-refractivity contribution in [1.82, 2.24) is 20.7 Å². The Balaban J connectivity index is 0.00000243. The number of hydrogen-bond acceptors (Lipinski definition) is 5. The number of aliphatic imine (C=N–C) groups is 1. The van der Waals surface area contributed by atoms with Gasteiger partial charge in [0.05, 0.1) is 12.2 Å². The third kappa shape index (κ3) is 6.24. The van der Waals surface area contributed by atoms with E-state index in [1.807, 2.05) is 6.07 Å². The molecular formula is C18H28IN5OS. The van der Waals surface area contributed by atoms with E-state index in [0.29, 0.717) is 12.6 Å². The highest BCUT2D eigenvalue weighted by molar-refractivity contribution is 14.0. The van der Waals surface area contributed by atoms with E-state index in [-0.39, 0.29) is 24.0 Å². The Hall–Kier alpha value is -1.13. The second-order valence-electron chi connectivity index (χ2n) is 6.39. The van der Waals surface area contributed by atoms with Crippen LogP contribution in [0.25, 0.3) is 0 Å². The summed E-state index contributed by atoms with van der Waals surface area (Å²) in [5.74, 6) is 1.66. The summed E-state index contributed by atoms with van der Waals surface area (Å²) in [6, 6.07) is 4.67. The number of rotatable bonds is 6. The molecule has 2 aromatic heterocycles. The zero-order chi connectivity index (χ0) is 17.5. The first-order chi connectivity index (χ1) is 12.3. The average Bonchev–Trinajstić information content (AvgIpc) is 3.31. The van der Waals surface area contributed by atoms with Gasteiger partial charge in [-0.15, -0.1) is 24.0 Å². The summed E-state index contributed by atoms with van der Waals surface area (Å²) in [4.78, 5) is 6.85. The van der Waals surface area contributed by atoms with Gasteiger partial charge < -0.3 is 15.2 Å². The van der Waals surface area contributed by atoms with Crippen molar-refractivity contribution in [3.63, 3.8) is 0 Å². The van der Waals surface area contributed by atoms with Gasteiger partial charge in [-0.2, -0.15) is 11.3 Å². The van der Waals surface area contributed by atoms with E-state index in [0.717, 1.165) is 56.3 Å². The number of guanidine groups is 1. The van der Waals surface area contributed by atoms with E-state index < -0.39 is 0 Å². The smallest absolute Gasteiger partial charge is 0.191 e. The first-order valence-corrected chi connectivity index (χ1v) is 9.86. The van der Waals surface area contributed by atoms with Gasteiger partial charge in [-0.25, -0.2) is 0 Å². The SMILES string of the molecule is CCc1cc(CNC(=NC)NC2CCN(Cc3ccsc3)CC2)on1.I. The number of aryl methyl sites for hydroxylation is 1. The fraction of sp³-hybridized carbons (Fsp3) is 0.556. The minimum Gasteiger partial charge on any atom is -0.359 e. The number of nitrogens with zero attached hydrogens (tertiary/aromatic N) is 3. The zero-order valence-electron chi connectivity index (χ0n) is 15.4. The standard InChI is InChI=1S/C18H27N5OS.HI/c1-3-15-10-17(24-22-15)11-20-18(19-2)21-16-4-7-23(8-5-16)12-14-6-9-25-13-14;/h6,9-10,13,16H,3-5,7-8,11-12H2,1-2H3,(H2,19,20,21);1H. The normalized spacial score (nSPS) is 16.3. The molecule has 8 heteroatoms. The van der Waals surface area contributed by atoms with Crippen LogP contribution in [0.1, 0.15) is 36.8 Å². The van der Waals surface area contributed by atoms with Crippen molar-refractivity contribution in [2.45, 2.75) is 45.3 Å². The lowest BCUT2D eigenvalue weighted by Gasteiger charge is -2.32. The van der Waals surface area contributed by atoms with Crippen LogP contribution in [-0.4, -0.2) is 42.2 Å². The van der Waals surface area contributed by atoms with Gasteiger partial charge in [-0.1, -0.05) is 12.1 Å². The Labute approximate surface area is 176 Å². The molecule has 0 aromatic carbocycles. The van der Waals surface area contributed by atoms with E-state index in [1.165, 1.54) is 5.56 Å². The minimum atomic E-state index is 0. The molecule has 0 amide bonds. The molecule has 0 spiro atoms. The van der Waals surface area contributed by atoms with Gasteiger partial charge in [0.1, 0.15) is 0 Å². The molecule has 0 radical (unpaired) electrons. The number of hydrogen-bond donors (Lipinski definition) is 2. The fourth-order valence-electron chi connectivity index (χ4n) is 3.04. The van der Waals surface area contributed by atoms with Crippen molar-refractivity contribution in [3.8, 4) is 0 Å². The predicted molar refractivity (Wildman–Crippen MR) is 117 cm³/mol. The summed E-state index contributed by atoms with van der Waals surface area (Å²) in [6.07, 6.45) is 3.15. The summed E-state index contributed by atoms with van der Waals surface area (Å²) in [5, 5.41) is 15.2. The van der Waals surface area contributed by atoms with Crippen LogP contribution in [0.3, 0.4) is 0 Å². The Morgan fingerprint density at radius 1 is 1.42 bits per heavy atom. The van der Waals surface area contributed by atoms with Gasteiger partial charge in [0.25, 0.3) is 0 Å². The number of aromatic nitrogens is 1.